The summed E-state index contributed by atoms with van der Waals surface area (Å²) in [5, 5.41) is 3.43. The molecule has 1 aliphatic rings. The summed E-state index contributed by atoms with van der Waals surface area (Å²) >= 11 is 0. The van der Waals surface area contributed by atoms with E-state index >= 15 is 0 Å². The lowest BCUT2D eigenvalue weighted by molar-refractivity contribution is 0.270. The predicted molar refractivity (Wildman–Crippen MR) is 110 cm³/mol. The van der Waals surface area contributed by atoms with Crippen molar-refractivity contribution in [1.29, 1.82) is 0 Å². The molecule has 140 valence electrons. The number of likely N-dealkylation sites (N-methyl/N-ethyl adjacent to an activating group) is 1. The van der Waals surface area contributed by atoms with Crippen LogP contribution in [-0.4, -0.2) is 54.1 Å². The Bertz CT molecular complexity index is 678. The Balaban J connectivity index is 1.83. The van der Waals surface area contributed by atoms with E-state index in [1.165, 1.54) is 0 Å². The van der Waals surface area contributed by atoms with Crippen LogP contribution in [0.2, 0.25) is 0 Å². The highest BCUT2D eigenvalue weighted by molar-refractivity contribution is 5.64. The first kappa shape index (κ1) is 18.6. The first-order chi connectivity index (χ1) is 12.7. The number of anilines is 2. The average Bonchev–Trinajstić information content (AvgIpc) is 2.68. The third kappa shape index (κ3) is 4.94. The molecule has 0 bridgehead atoms. The highest BCUT2D eigenvalue weighted by Gasteiger charge is 2.18. The Morgan fingerprint density at radius 3 is 2.42 bits per heavy atom. The van der Waals surface area contributed by atoms with Crippen LogP contribution in [0.25, 0.3) is 11.3 Å². The van der Waals surface area contributed by atoms with E-state index in [9.17, 15) is 0 Å². The molecular weight excluding hydrogens is 322 g/mol. The molecule has 1 saturated heterocycles. The molecule has 26 heavy (non-hydrogen) atoms. The third-order valence-electron chi connectivity index (χ3n) is 4.93. The Hall–Kier alpha value is -2.14. The lowest BCUT2D eigenvalue weighted by Gasteiger charge is -2.35. The molecule has 0 atom stereocenters. The molecule has 5 nitrogen and oxygen atoms in total. The summed E-state index contributed by atoms with van der Waals surface area (Å²) in [6.45, 7) is 12.9. The predicted octanol–water partition coefficient (Wildman–Crippen LogP) is 3.74. The third-order valence-corrected chi connectivity index (χ3v) is 4.93. The molecule has 0 spiro atoms. The zero-order valence-electron chi connectivity index (χ0n) is 16.3. The number of nitrogens with zero attached hydrogens (tertiary/aromatic N) is 4. The maximum atomic E-state index is 4.82. The van der Waals surface area contributed by atoms with Crippen LogP contribution >= 0.6 is 0 Å². The second-order valence-electron chi connectivity index (χ2n) is 7.33. The number of hydrogen-bond donors (Lipinski definition) is 1. The first-order valence-corrected chi connectivity index (χ1v) is 9.81. The Morgan fingerprint density at radius 1 is 1.04 bits per heavy atom. The molecule has 2 heterocycles. The van der Waals surface area contributed by atoms with Gasteiger partial charge < -0.3 is 15.1 Å². The number of benzene rings is 1. The van der Waals surface area contributed by atoms with E-state index in [1.807, 2.05) is 6.07 Å². The molecule has 5 heteroatoms. The van der Waals surface area contributed by atoms with Crippen molar-refractivity contribution in [3.8, 4) is 11.3 Å². The second kappa shape index (κ2) is 8.99. The fourth-order valence-corrected chi connectivity index (χ4v) is 3.20. The molecule has 2 aromatic rings. The van der Waals surface area contributed by atoms with E-state index < -0.39 is 0 Å². The number of piperazine rings is 1. The van der Waals surface area contributed by atoms with E-state index in [0.29, 0.717) is 5.92 Å². The quantitative estimate of drug-likeness (QED) is 0.821. The van der Waals surface area contributed by atoms with E-state index in [-0.39, 0.29) is 0 Å². The van der Waals surface area contributed by atoms with Gasteiger partial charge >= 0.3 is 0 Å². The van der Waals surface area contributed by atoms with Gasteiger partial charge in [-0.1, -0.05) is 51.1 Å². The molecular formula is C21H31N5. The lowest BCUT2D eigenvalue weighted by atomic mass is 10.1. The molecule has 1 aliphatic heterocycles. The van der Waals surface area contributed by atoms with Crippen molar-refractivity contribution in [1.82, 2.24) is 14.9 Å². The highest BCUT2D eigenvalue weighted by Crippen LogP contribution is 2.24. The van der Waals surface area contributed by atoms with Crippen LogP contribution in [-0.2, 0) is 0 Å². The van der Waals surface area contributed by atoms with Gasteiger partial charge in [0.25, 0.3) is 0 Å². The minimum absolute atomic E-state index is 0.668. The highest BCUT2D eigenvalue weighted by atomic mass is 15.3. The molecule has 0 saturated carbocycles. The minimum Gasteiger partial charge on any atom is -0.354 e. The number of rotatable bonds is 7. The van der Waals surface area contributed by atoms with Crippen molar-refractivity contribution in [2.45, 2.75) is 27.2 Å². The first-order valence-electron chi connectivity index (χ1n) is 9.81. The maximum absolute atomic E-state index is 4.82. The summed E-state index contributed by atoms with van der Waals surface area (Å²) < 4.78 is 0. The van der Waals surface area contributed by atoms with Gasteiger partial charge in [0, 0.05) is 44.4 Å². The van der Waals surface area contributed by atoms with Gasteiger partial charge in [-0.05, 0) is 18.9 Å². The Morgan fingerprint density at radius 2 is 1.77 bits per heavy atom. The SMILES string of the molecule is CCN1CCN(c2cc(-c3ccccc3)nc(NCCC(C)C)n2)CC1. The topological polar surface area (TPSA) is 44.3 Å². The second-order valence-corrected chi connectivity index (χ2v) is 7.33. The van der Waals surface area contributed by atoms with Gasteiger partial charge in [0.1, 0.15) is 5.82 Å². The standard InChI is InChI=1S/C21H31N5/c1-4-25-12-14-26(15-13-25)20-16-19(18-8-6-5-7-9-18)23-21(24-20)22-11-10-17(2)3/h5-9,16-17H,4,10-15H2,1-3H3,(H,22,23,24). The van der Waals surface area contributed by atoms with Crippen molar-refractivity contribution < 1.29 is 0 Å². The van der Waals surface area contributed by atoms with Gasteiger partial charge in [0.05, 0.1) is 5.69 Å². The van der Waals surface area contributed by atoms with Crippen LogP contribution in [0.1, 0.15) is 27.2 Å². The van der Waals surface area contributed by atoms with E-state index in [1.54, 1.807) is 0 Å². The van der Waals surface area contributed by atoms with Gasteiger partial charge in [0.2, 0.25) is 5.95 Å². The monoisotopic (exact) mass is 353 g/mol. The summed E-state index contributed by atoms with van der Waals surface area (Å²) in [5.74, 6) is 2.43. The van der Waals surface area contributed by atoms with Crippen LogP contribution in [0.4, 0.5) is 11.8 Å². The van der Waals surface area contributed by atoms with Crippen molar-refractivity contribution in [3.05, 3.63) is 36.4 Å². The van der Waals surface area contributed by atoms with Crippen LogP contribution in [0.15, 0.2) is 36.4 Å². The molecule has 0 aliphatic carbocycles. The van der Waals surface area contributed by atoms with Crippen molar-refractivity contribution >= 4 is 11.8 Å². The maximum Gasteiger partial charge on any atom is 0.225 e. The normalized spacial score (nSPS) is 15.5. The van der Waals surface area contributed by atoms with E-state index in [4.69, 9.17) is 9.97 Å². The van der Waals surface area contributed by atoms with Crippen LogP contribution in [0.5, 0.6) is 0 Å². The van der Waals surface area contributed by atoms with E-state index in [0.717, 1.165) is 68.7 Å². The van der Waals surface area contributed by atoms with E-state index in [2.05, 4.69) is 66.2 Å². The summed E-state index contributed by atoms with van der Waals surface area (Å²) in [7, 11) is 0. The molecule has 1 fully saturated rings. The van der Waals surface area contributed by atoms with Crippen molar-refractivity contribution in [3.63, 3.8) is 0 Å². The molecule has 0 unspecified atom stereocenters. The van der Waals surface area contributed by atoms with Gasteiger partial charge in [-0.25, -0.2) is 4.98 Å². The van der Waals surface area contributed by atoms with Crippen molar-refractivity contribution in [2.75, 3.05) is 49.5 Å². The largest absolute Gasteiger partial charge is 0.354 e. The zero-order valence-corrected chi connectivity index (χ0v) is 16.3. The number of hydrogen-bond acceptors (Lipinski definition) is 5. The molecule has 1 N–H and O–H groups in total. The van der Waals surface area contributed by atoms with Gasteiger partial charge in [-0.3, -0.25) is 0 Å². The number of aromatic nitrogens is 2. The smallest absolute Gasteiger partial charge is 0.225 e. The van der Waals surface area contributed by atoms with Crippen LogP contribution in [0, 0.1) is 5.92 Å². The fraction of sp³-hybridized carbons (Fsp3) is 0.524. The summed E-state index contributed by atoms with van der Waals surface area (Å²) in [4.78, 5) is 14.4. The lowest BCUT2D eigenvalue weighted by Crippen LogP contribution is -2.46. The number of nitrogens with one attached hydrogen (secondary N) is 1. The van der Waals surface area contributed by atoms with Crippen LogP contribution in [0.3, 0.4) is 0 Å². The Labute approximate surface area is 157 Å². The van der Waals surface area contributed by atoms with Gasteiger partial charge in [-0.15, -0.1) is 0 Å². The van der Waals surface area contributed by atoms with Crippen LogP contribution < -0.4 is 10.2 Å². The average molecular weight is 354 g/mol. The van der Waals surface area contributed by atoms with Crippen molar-refractivity contribution in [2.24, 2.45) is 5.92 Å². The molecule has 1 aromatic heterocycles. The summed E-state index contributed by atoms with van der Waals surface area (Å²) in [5.41, 5.74) is 2.12. The molecule has 0 amide bonds. The zero-order chi connectivity index (χ0) is 18.4. The summed E-state index contributed by atoms with van der Waals surface area (Å²) in [6.07, 6.45) is 1.11. The molecule has 1 aromatic carbocycles. The Kier molecular flexibility index (Phi) is 6.45. The minimum atomic E-state index is 0.668. The molecule has 0 radical (unpaired) electrons. The fourth-order valence-electron chi connectivity index (χ4n) is 3.20. The molecule has 3 rings (SSSR count). The van der Waals surface area contributed by atoms with Gasteiger partial charge in [-0.2, -0.15) is 4.98 Å². The summed E-state index contributed by atoms with van der Waals surface area (Å²) in [6, 6.07) is 12.5. The van der Waals surface area contributed by atoms with Gasteiger partial charge in [0.15, 0.2) is 0 Å².